The number of nitrogens with zero attached hydrogens (tertiary/aromatic N) is 1. The topological polar surface area (TPSA) is 63.3 Å². The number of hydrogen-bond acceptors (Lipinski definition) is 3. The molecular formula is C11H8F3NO3. The van der Waals surface area contributed by atoms with E-state index in [1.807, 2.05) is 0 Å². The van der Waals surface area contributed by atoms with Crippen LogP contribution in [-0.4, -0.2) is 22.2 Å². The lowest BCUT2D eigenvalue weighted by Gasteiger charge is -2.02. The molecule has 2 rings (SSSR count). The first-order chi connectivity index (χ1) is 8.35. The largest absolute Gasteiger partial charge is 0.478 e. The van der Waals surface area contributed by atoms with Gasteiger partial charge in [-0.25, -0.2) is 9.78 Å². The molecule has 1 aromatic heterocycles. The Hall–Kier alpha value is -2.05. The van der Waals surface area contributed by atoms with Crippen molar-refractivity contribution in [1.29, 1.82) is 0 Å². The highest BCUT2D eigenvalue weighted by molar-refractivity contribution is 5.91. The number of benzene rings is 1. The number of carboxylic acids is 1. The van der Waals surface area contributed by atoms with E-state index in [1.165, 1.54) is 18.2 Å². The number of carboxylic acid groups (broad SMARTS) is 1. The predicted molar refractivity (Wildman–Crippen MR) is 55.3 cm³/mol. The minimum Gasteiger partial charge on any atom is -0.478 e. The van der Waals surface area contributed by atoms with E-state index in [0.717, 1.165) is 0 Å². The number of halogens is 3. The number of oxazole rings is 1. The average Bonchev–Trinajstić information content (AvgIpc) is 2.66. The summed E-state index contributed by atoms with van der Waals surface area (Å²) in [5.74, 6) is -1.19. The molecule has 2 aromatic rings. The first-order valence-electron chi connectivity index (χ1n) is 5.05. The van der Waals surface area contributed by atoms with Crippen molar-refractivity contribution in [3.8, 4) is 0 Å². The number of aromatic nitrogens is 1. The summed E-state index contributed by atoms with van der Waals surface area (Å²) in [6, 6.07) is 3.96. The second-order valence-electron chi connectivity index (χ2n) is 3.71. The van der Waals surface area contributed by atoms with Gasteiger partial charge in [0, 0.05) is 6.42 Å². The van der Waals surface area contributed by atoms with Crippen molar-refractivity contribution >= 4 is 17.1 Å². The molecule has 0 aliphatic heterocycles. The summed E-state index contributed by atoms with van der Waals surface area (Å²) < 4.78 is 41.1. The molecule has 0 amide bonds. The SMILES string of the molecule is O=C(O)c1ccc2nc(CCC(F)(F)F)oc2c1. The summed E-state index contributed by atoms with van der Waals surface area (Å²) in [5.41, 5.74) is 0.519. The van der Waals surface area contributed by atoms with Crippen molar-refractivity contribution in [3.05, 3.63) is 29.7 Å². The molecule has 1 aromatic carbocycles. The molecule has 96 valence electrons. The quantitative estimate of drug-likeness (QED) is 0.920. The average molecular weight is 259 g/mol. The highest BCUT2D eigenvalue weighted by Gasteiger charge is 2.27. The van der Waals surface area contributed by atoms with Crippen molar-refractivity contribution < 1.29 is 27.5 Å². The standard InChI is InChI=1S/C11H8F3NO3/c12-11(13,14)4-3-9-15-7-2-1-6(10(16)17)5-8(7)18-9/h1-2,5H,3-4H2,(H,16,17). The molecule has 0 atom stereocenters. The van der Waals surface area contributed by atoms with Gasteiger partial charge in [0.1, 0.15) is 5.52 Å². The Bertz CT molecular complexity index is 589. The fourth-order valence-corrected chi connectivity index (χ4v) is 1.46. The molecule has 0 fully saturated rings. The lowest BCUT2D eigenvalue weighted by Crippen LogP contribution is -2.08. The lowest BCUT2D eigenvalue weighted by atomic mass is 10.2. The molecule has 0 aliphatic carbocycles. The lowest BCUT2D eigenvalue weighted by molar-refractivity contribution is -0.134. The number of carbonyl (C=O) groups is 1. The van der Waals surface area contributed by atoms with Crippen molar-refractivity contribution in [2.24, 2.45) is 0 Å². The zero-order chi connectivity index (χ0) is 13.3. The second kappa shape index (κ2) is 4.32. The Morgan fingerprint density at radius 1 is 1.39 bits per heavy atom. The van der Waals surface area contributed by atoms with Crippen molar-refractivity contribution in [3.63, 3.8) is 0 Å². The van der Waals surface area contributed by atoms with E-state index in [9.17, 15) is 18.0 Å². The van der Waals surface area contributed by atoms with Crippen LogP contribution in [0, 0.1) is 0 Å². The monoisotopic (exact) mass is 259 g/mol. The second-order valence-corrected chi connectivity index (χ2v) is 3.71. The molecule has 7 heteroatoms. The van der Waals surface area contributed by atoms with E-state index < -0.39 is 18.6 Å². The molecule has 0 saturated carbocycles. The van der Waals surface area contributed by atoms with Crippen LogP contribution in [0.25, 0.3) is 11.1 Å². The van der Waals surface area contributed by atoms with Gasteiger partial charge >= 0.3 is 12.1 Å². The van der Waals surface area contributed by atoms with Crippen LogP contribution in [0.1, 0.15) is 22.7 Å². The summed E-state index contributed by atoms with van der Waals surface area (Å²) in [6.45, 7) is 0. The zero-order valence-corrected chi connectivity index (χ0v) is 8.99. The summed E-state index contributed by atoms with van der Waals surface area (Å²) in [7, 11) is 0. The molecule has 0 unspecified atom stereocenters. The zero-order valence-electron chi connectivity index (χ0n) is 8.99. The van der Waals surface area contributed by atoms with Crippen molar-refractivity contribution in [2.45, 2.75) is 19.0 Å². The van der Waals surface area contributed by atoms with E-state index in [-0.39, 0.29) is 23.5 Å². The summed E-state index contributed by atoms with van der Waals surface area (Å²) >= 11 is 0. The van der Waals surface area contributed by atoms with Crippen LogP contribution in [0.4, 0.5) is 13.2 Å². The summed E-state index contributed by atoms with van der Waals surface area (Å²) in [4.78, 5) is 14.6. The minimum absolute atomic E-state index is 0.000946. The molecular weight excluding hydrogens is 251 g/mol. The van der Waals surface area contributed by atoms with Gasteiger partial charge < -0.3 is 9.52 Å². The van der Waals surface area contributed by atoms with Gasteiger partial charge in [0.15, 0.2) is 11.5 Å². The molecule has 4 nitrogen and oxygen atoms in total. The number of fused-ring (bicyclic) bond motifs is 1. The number of aryl methyl sites for hydroxylation is 1. The fourth-order valence-electron chi connectivity index (χ4n) is 1.46. The van der Waals surface area contributed by atoms with Crippen LogP contribution in [-0.2, 0) is 6.42 Å². The van der Waals surface area contributed by atoms with Gasteiger partial charge in [-0.3, -0.25) is 0 Å². The van der Waals surface area contributed by atoms with E-state index in [1.54, 1.807) is 0 Å². The number of hydrogen-bond donors (Lipinski definition) is 1. The third-order valence-electron chi connectivity index (χ3n) is 2.30. The van der Waals surface area contributed by atoms with E-state index in [4.69, 9.17) is 9.52 Å². The highest BCUT2D eigenvalue weighted by atomic mass is 19.4. The molecule has 0 spiro atoms. The maximum Gasteiger partial charge on any atom is 0.389 e. The van der Waals surface area contributed by atoms with Gasteiger partial charge in [-0.05, 0) is 18.2 Å². The molecule has 18 heavy (non-hydrogen) atoms. The molecule has 1 heterocycles. The fraction of sp³-hybridized carbons (Fsp3) is 0.273. The normalized spacial score (nSPS) is 11.9. The molecule has 0 radical (unpaired) electrons. The first-order valence-corrected chi connectivity index (χ1v) is 5.05. The van der Waals surface area contributed by atoms with E-state index in [2.05, 4.69) is 4.98 Å². The maximum atomic E-state index is 12.0. The van der Waals surface area contributed by atoms with Gasteiger partial charge in [-0.15, -0.1) is 0 Å². The third kappa shape index (κ3) is 2.79. The number of alkyl halides is 3. The molecule has 0 bridgehead atoms. The number of aromatic carboxylic acids is 1. The van der Waals surface area contributed by atoms with Crippen LogP contribution in [0.3, 0.4) is 0 Å². The first kappa shape index (κ1) is 12.4. The van der Waals surface area contributed by atoms with Gasteiger partial charge in [-0.2, -0.15) is 13.2 Å². The van der Waals surface area contributed by atoms with Crippen LogP contribution >= 0.6 is 0 Å². The van der Waals surface area contributed by atoms with Gasteiger partial charge in [-0.1, -0.05) is 0 Å². The maximum absolute atomic E-state index is 12.0. The molecule has 1 N–H and O–H groups in total. The Labute approximate surface area is 99.0 Å². The van der Waals surface area contributed by atoms with E-state index >= 15 is 0 Å². The Kier molecular flexibility index (Phi) is 2.98. The van der Waals surface area contributed by atoms with E-state index in [0.29, 0.717) is 5.52 Å². The van der Waals surface area contributed by atoms with Crippen LogP contribution < -0.4 is 0 Å². The highest BCUT2D eigenvalue weighted by Crippen LogP contribution is 2.24. The smallest absolute Gasteiger partial charge is 0.389 e. The molecule has 0 saturated heterocycles. The third-order valence-corrected chi connectivity index (χ3v) is 2.30. The minimum atomic E-state index is -4.27. The van der Waals surface area contributed by atoms with Crippen LogP contribution in [0.2, 0.25) is 0 Å². The van der Waals surface area contributed by atoms with Gasteiger partial charge in [0.05, 0.1) is 12.0 Å². The van der Waals surface area contributed by atoms with Gasteiger partial charge in [0.25, 0.3) is 0 Å². The Balaban J connectivity index is 2.24. The molecule has 0 aliphatic rings. The van der Waals surface area contributed by atoms with Crippen LogP contribution in [0.5, 0.6) is 0 Å². The summed E-state index contributed by atoms with van der Waals surface area (Å²) in [6.07, 6.45) is -5.65. The van der Waals surface area contributed by atoms with Gasteiger partial charge in [0.2, 0.25) is 0 Å². The van der Waals surface area contributed by atoms with Crippen LogP contribution in [0.15, 0.2) is 22.6 Å². The Morgan fingerprint density at radius 2 is 2.11 bits per heavy atom. The van der Waals surface area contributed by atoms with Crippen molar-refractivity contribution in [1.82, 2.24) is 4.98 Å². The Morgan fingerprint density at radius 3 is 2.72 bits per heavy atom. The predicted octanol–water partition coefficient (Wildman–Crippen LogP) is 3.02. The number of rotatable bonds is 3. The summed E-state index contributed by atoms with van der Waals surface area (Å²) in [5, 5.41) is 8.75. The van der Waals surface area contributed by atoms with Crippen molar-refractivity contribution in [2.75, 3.05) is 0 Å².